The van der Waals surface area contributed by atoms with Gasteiger partial charge in [-0.15, -0.1) is 0 Å². The van der Waals surface area contributed by atoms with Gasteiger partial charge in [0.05, 0.1) is 21.3 Å². The summed E-state index contributed by atoms with van der Waals surface area (Å²) in [4.78, 5) is 38.6. The van der Waals surface area contributed by atoms with Gasteiger partial charge < -0.3 is 19.7 Å². The summed E-state index contributed by atoms with van der Waals surface area (Å²) in [5.74, 6) is 1.06. The van der Waals surface area contributed by atoms with Gasteiger partial charge in [-0.25, -0.2) is 4.79 Å². The van der Waals surface area contributed by atoms with Crippen molar-refractivity contribution in [3.63, 3.8) is 0 Å². The third kappa shape index (κ3) is 4.51. The first-order valence-corrected chi connectivity index (χ1v) is 10.3. The monoisotopic (exact) mass is 419 g/mol. The number of rotatable bonds is 7. The number of ether oxygens (including phenoxy) is 2. The molecule has 2 fully saturated rings. The molecule has 1 aromatic rings. The fraction of sp³-hybridized carbons (Fsp3) is 0.571. The van der Waals surface area contributed by atoms with E-state index >= 15 is 0 Å². The van der Waals surface area contributed by atoms with Crippen molar-refractivity contribution in [2.75, 3.05) is 27.8 Å². The molecule has 4 amide bonds. The smallest absolute Gasteiger partial charge is 0.344 e. The molecule has 3 rings (SSSR count). The van der Waals surface area contributed by atoms with Crippen molar-refractivity contribution in [2.24, 2.45) is 5.92 Å². The summed E-state index contributed by atoms with van der Waals surface area (Å²) >= 11 is 0. The lowest BCUT2D eigenvalue weighted by molar-refractivity contribution is -0.885. The van der Waals surface area contributed by atoms with Gasteiger partial charge in [0.15, 0.2) is 18.0 Å². The maximum absolute atomic E-state index is 12.8. The highest BCUT2D eigenvalue weighted by atomic mass is 16.5. The van der Waals surface area contributed by atoms with Crippen LogP contribution in [0.15, 0.2) is 18.2 Å². The lowest BCUT2D eigenvalue weighted by Crippen LogP contribution is -3.09. The van der Waals surface area contributed by atoms with Gasteiger partial charge in [0.1, 0.15) is 12.1 Å². The van der Waals surface area contributed by atoms with Crippen LogP contribution in [0.25, 0.3) is 0 Å². The van der Waals surface area contributed by atoms with Crippen LogP contribution in [0.4, 0.5) is 4.79 Å². The molecule has 9 nitrogen and oxygen atoms in total. The lowest BCUT2D eigenvalue weighted by Gasteiger charge is -2.33. The van der Waals surface area contributed by atoms with Crippen molar-refractivity contribution in [1.29, 1.82) is 0 Å². The highest BCUT2D eigenvalue weighted by Gasteiger charge is 2.53. The van der Waals surface area contributed by atoms with Crippen molar-refractivity contribution >= 4 is 17.8 Å². The maximum Gasteiger partial charge on any atom is 0.344 e. The van der Waals surface area contributed by atoms with Crippen LogP contribution in [0.3, 0.4) is 0 Å². The van der Waals surface area contributed by atoms with E-state index in [0.29, 0.717) is 36.8 Å². The Hall–Kier alpha value is -2.81. The van der Waals surface area contributed by atoms with Crippen LogP contribution in [0.1, 0.15) is 38.2 Å². The zero-order valence-electron chi connectivity index (χ0n) is 18.0. The van der Waals surface area contributed by atoms with Gasteiger partial charge >= 0.3 is 6.03 Å². The number of hydrazine groups is 1. The minimum absolute atomic E-state index is 0.107. The summed E-state index contributed by atoms with van der Waals surface area (Å²) in [5.41, 5.74) is 2.60. The first-order chi connectivity index (χ1) is 14.3. The molecule has 1 aromatic carbocycles. The number of nitrogens with zero attached hydrogens (tertiary/aromatic N) is 1. The molecule has 3 N–H and O–H groups in total. The molecule has 2 aliphatic rings. The van der Waals surface area contributed by atoms with Gasteiger partial charge in [-0.1, -0.05) is 6.92 Å². The number of carbonyl (C=O) groups excluding carboxylic acids is 3. The summed E-state index contributed by atoms with van der Waals surface area (Å²) in [6.45, 7) is 2.82. The van der Waals surface area contributed by atoms with E-state index in [1.165, 1.54) is 0 Å². The lowest BCUT2D eigenvalue weighted by atomic mass is 9.77. The number of hydrogen-bond acceptors (Lipinski definition) is 5. The number of methoxy groups -OCH3 is 2. The summed E-state index contributed by atoms with van der Waals surface area (Å²) in [6, 6.07) is 5.04. The van der Waals surface area contributed by atoms with Crippen molar-refractivity contribution in [2.45, 2.75) is 44.7 Å². The molecule has 0 radical (unpaired) electrons. The Labute approximate surface area is 176 Å². The van der Waals surface area contributed by atoms with Crippen molar-refractivity contribution in [3.05, 3.63) is 23.8 Å². The number of amides is 4. The normalized spacial score (nSPS) is 24.5. The molecule has 9 heteroatoms. The third-order valence-electron chi connectivity index (χ3n) is 5.94. The summed E-state index contributed by atoms with van der Waals surface area (Å²) in [7, 11) is 5.02. The first kappa shape index (κ1) is 21.9. The van der Waals surface area contributed by atoms with E-state index in [-0.39, 0.29) is 12.5 Å². The number of benzene rings is 1. The summed E-state index contributed by atoms with van der Waals surface area (Å²) in [6.07, 6.45) is 2.98. The first-order valence-electron chi connectivity index (χ1n) is 10.3. The van der Waals surface area contributed by atoms with Gasteiger partial charge in [0.2, 0.25) is 0 Å². The second kappa shape index (κ2) is 8.91. The van der Waals surface area contributed by atoms with Crippen LogP contribution in [0, 0.1) is 5.92 Å². The van der Waals surface area contributed by atoms with Gasteiger partial charge in [0, 0.05) is 5.56 Å². The van der Waals surface area contributed by atoms with E-state index in [4.69, 9.17) is 9.47 Å². The van der Waals surface area contributed by atoms with Gasteiger partial charge in [-0.05, 0) is 49.8 Å². The predicted molar refractivity (Wildman–Crippen MR) is 109 cm³/mol. The average molecular weight is 420 g/mol. The van der Waals surface area contributed by atoms with Gasteiger partial charge in [-0.3, -0.25) is 15.0 Å². The highest BCUT2D eigenvalue weighted by molar-refractivity contribution is 6.08. The van der Waals surface area contributed by atoms with Crippen molar-refractivity contribution in [3.8, 4) is 11.5 Å². The Morgan fingerprint density at radius 3 is 2.53 bits per heavy atom. The standard InChI is InChI=1S/C21H30N4O5/c1-14-7-9-21(10-8-14)19(27)25(20(28)22-21)23-18(26)13-24(2)12-15-5-6-16(29-3)17(11-15)30-4/h5-6,11,14H,7-10,12-13H2,1-4H3,(H,22,28)(H,23,26)/p+1. The summed E-state index contributed by atoms with van der Waals surface area (Å²) < 4.78 is 10.5. The molecule has 1 atom stereocenters. The Bertz CT molecular complexity index is 820. The molecule has 1 saturated heterocycles. The van der Waals surface area contributed by atoms with Crippen LogP contribution in [-0.2, 0) is 16.1 Å². The number of urea groups is 1. The quantitative estimate of drug-likeness (QED) is 0.550. The van der Waals surface area contributed by atoms with E-state index in [9.17, 15) is 14.4 Å². The second-order valence-corrected chi connectivity index (χ2v) is 8.37. The number of hydrogen-bond donors (Lipinski definition) is 3. The Balaban J connectivity index is 1.56. The Morgan fingerprint density at radius 1 is 1.23 bits per heavy atom. The van der Waals surface area contributed by atoms with Crippen LogP contribution in [-0.4, -0.2) is 56.2 Å². The molecule has 1 aliphatic carbocycles. The second-order valence-electron chi connectivity index (χ2n) is 8.37. The van der Waals surface area contributed by atoms with E-state index < -0.39 is 17.5 Å². The molecule has 0 bridgehead atoms. The van der Waals surface area contributed by atoms with E-state index in [1.54, 1.807) is 14.2 Å². The predicted octanol–water partition coefficient (Wildman–Crippen LogP) is 0.250. The fourth-order valence-corrected chi connectivity index (χ4v) is 4.16. The molecule has 1 saturated carbocycles. The van der Waals surface area contributed by atoms with Crippen LogP contribution in [0.5, 0.6) is 11.5 Å². The van der Waals surface area contributed by atoms with Crippen LogP contribution in [0.2, 0.25) is 0 Å². The molecule has 1 aliphatic heterocycles. The molecule has 1 spiro atoms. The molecular weight excluding hydrogens is 388 g/mol. The van der Waals surface area contributed by atoms with Crippen molar-refractivity contribution < 1.29 is 28.8 Å². The van der Waals surface area contributed by atoms with Crippen LogP contribution >= 0.6 is 0 Å². The van der Waals surface area contributed by atoms with Crippen molar-refractivity contribution in [1.82, 2.24) is 15.8 Å². The molecule has 1 heterocycles. The number of quaternary nitrogens is 1. The zero-order valence-corrected chi connectivity index (χ0v) is 18.0. The molecule has 1 unspecified atom stereocenters. The maximum atomic E-state index is 12.8. The molecule has 30 heavy (non-hydrogen) atoms. The topological polar surface area (TPSA) is 101 Å². The Morgan fingerprint density at radius 2 is 1.90 bits per heavy atom. The number of carbonyl (C=O) groups is 3. The zero-order chi connectivity index (χ0) is 21.9. The minimum Gasteiger partial charge on any atom is -0.493 e. The van der Waals surface area contributed by atoms with Crippen LogP contribution < -0.4 is 25.1 Å². The molecular formula is C21H31N4O5+. The molecule has 164 valence electrons. The van der Waals surface area contributed by atoms with E-state index in [1.807, 2.05) is 25.2 Å². The van der Waals surface area contributed by atoms with E-state index in [0.717, 1.165) is 28.3 Å². The third-order valence-corrected chi connectivity index (χ3v) is 5.94. The van der Waals surface area contributed by atoms with Gasteiger partial charge in [0.25, 0.3) is 11.8 Å². The minimum atomic E-state index is -0.866. The summed E-state index contributed by atoms with van der Waals surface area (Å²) in [5, 5.41) is 3.65. The Kier molecular flexibility index (Phi) is 6.50. The van der Waals surface area contributed by atoms with Gasteiger partial charge in [-0.2, -0.15) is 5.01 Å². The fourth-order valence-electron chi connectivity index (χ4n) is 4.16. The average Bonchev–Trinajstić information content (AvgIpc) is 2.94. The van der Waals surface area contributed by atoms with E-state index in [2.05, 4.69) is 17.7 Å². The number of imide groups is 1. The highest BCUT2D eigenvalue weighted by Crippen LogP contribution is 2.35. The largest absolute Gasteiger partial charge is 0.493 e. The molecule has 0 aromatic heterocycles. The number of nitrogens with one attached hydrogen (secondary N) is 3. The SMILES string of the molecule is COc1ccc(C[NH+](C)CC(=O)NN2C(=O)NC3(CCC(C)CC3)C2=O)cc1OC. The number of likely N-dealkylation sites (N-methyl/N-ethyl adjacent to an activating group) is 1.